The summed E-state index contributed by atoms with van der Waals surface area (Å²) < 4.78 is 101. The molecule has 0 bridgehead atoms. The molecule has 0 aliphatic heterocycles. The maximum absolute atomic E-state index is 12.9. The van der Waals surface area contributed by atoms with Gasteiger partial charge in [0.1, 0.15) is 6.33 Å². The Balaban J connectivity index is 1.87. The number of carbonyl (C=O) groups excluding carboxylic acids is 1. The molecular formula is C17H11ClF6N6O3S. The Bertz CT molecular complexity index is 1320. The first-order chi connectivity index (χ1) is 15.6. The second-order valence-corrected chi connectivity index (χ2v) is 9.00. The van der Waals surface area contributed by atoms with Crippen LogP contribution in [0.4, 0.5) is 26.3 Å². The zero-order valence-corrected chi connectivity index (χ0v) is 18.1. The van der Waals surface area contributed by atoms with Crippen molar-refractivity contribution < 1.29 is 39.6 Å². The number of halogens is 7. The van der Waals surface area contributed by atoms with Crippen LogP contribution in [-0.4, -0.2) is 44.6 Å². The van der Waals surface area contributed by atoms with Gasteiger partial charge >= 0.3 is 11.7 Å². The Labute approximate surface area is 191 Å². The molecule has 0 saturated carbocycles. The number of nitrogens with zero attached hydrogens (tertiary/aromatic N) is 5. The second kappa shape index (κ2) is 8.83. The first-order valence-electron chi connectivity index (χ1n) is 8.83. The van der Waals surface area contributed by atoms with Gasteiger partial charge in [-0.2, -0.15) is 36.1 Å². The van der Waals surface area contributed by atoms with Crippen LogP contribution in [0.2, 0.25) is 5.02 Å². The number of hydrogen-bond donors (Lipinski definition) is 1. The topological polar surface area (TPSA) is 120 Å². The van der Waals surface area contributed by atoms with Crippen molar-refractivity contribution >= 4 is 27.3 Å². The van der Waals surface area contributed by atoms with Crippen LogP contribution in [-0.2, 0) is 16.0 Å². The summed E-state index contributed by atoms with van der Waals surface area (Å²) in [6, 6.07) is 0.967. The fourth-order valence-electron chi connectivity index (χ4n) is 2.60. The predicted molar refractivity (Wildman–Crippen MR) is 103 cm³/mol. The first-order valence-corrected chi connectivity index (χ1v) is 10.7. The third-order valence-corrected chi connectivity index (χ3v) is 5.90. The summed E-state index contributed by atoms with van der Waals surface area (Å²) in [5.41, 5.74) is -7.22. The van der Waals surface area contributed by atoms with Crippen molar-refractivity contribution in [3.05, 3.63) is 58.9 Å². The van der Waals surface area contributed by atoms with Crippen LogP contribution >= 0.6 is 11.6 Å². The number of aromatic nitrogens is 5. The molecule has 9 nitrogen and oxygen atoms in total. The monoisotopic (exact) mass is 528 g/mol. The number of amides is 1. The third kappa shape index (κ3) is 5.11. The predicted octanol–water partition coefficient (Wildman–Crippen LogP) is 3.51. The lowest BCUT2D eigenvalue weighted by atomic mass is 10.2. The maximum atomic E-state index is 12.9. The van der Waals surface area contributed by atoms with Crippen molar-refractivity contribution in [3.8, 4) is 5.95 Å². The van der Waals surface area contributed by atoms with Gasteiger partial charge in [-0.15, -0.1) is 0 Å². The van der Waals surface area contributed by atoms with Gasteiger partial charge in [0, 0.05) is 23.0 Å². The van der Waals surface area contributed by atoms with Gasteiger partial charge in [-0.3, -0.25) is 4.79 Å². The van der Waals surface area contributed by atoms with Crippen molar-refractivity contribution in [1.82, 2.24) is 30.0 Å². The van der Waals surface area contributed by atoms with Gasteiger partial charge in [-0.05, 0) is 25.1 Å². The molecule has 1 unspecified atom stereocenters. The molecule has 0 spiro atoms. The number of benzene rings is 1. The van der Waals surface area contributed by atoms with Crippen molar-refractivity contribution in [2.75, 3.05) is 0 Å². The third-order valence-electron chi connectivity index (χ3n) is 4.21. The fraction of sp³-hybridized carbons (Fsp3) is 0.235. The van der Waals surface area contributed by atoms with E-state index in [0.717, 1.165) is 17.1 Å². The molecular weight excluding hydrogens is 518 g/mol. The van der Waals surface area contributed by atoms with Crippen molar-refractivity contribution in [1.29, 1.82) is 0 Å². The van der Waals surface area contributed by atoms with E-state index in [1.807, 2.05) is 0 Å². The van der Waals surface area contributed by atoms with Crippen LogP contribution in [0.5, 0.6) is 0 Å². The van der Waals surface area contributed by atoms with E-state index in [1.54, 1.807) is 0 Å². The van der Waals surface area contributed by atoms with Gasteiger partial charge in [0.05, 0.1) is 16.5 Å². The molecule has 182 valence electrons. The number of sulfone groups is 1. The van der Waals surface area contributed by atoms with Crippen molar-refractivity contribution in [2.24, 2.45) is 0 Å². The van der Waals surface area contributed by atoms with Gasteiger partial charge in [0.25, 0.3) is 21.7 Å². The van der Waals surface area contributed by atoms with Crippen molar-refractivity contribution in [2.45, 2.75) is 29.5 Å². The molecule has 0 saturated heterocycles. The van der Waals surface area contributed by atoms with Crippen LogP contribution in [0.1, 0.15) is 34.7 Å². The minimum absolute atomic E-state index is 0.0433. The van der Waals surface area contributed by atoms with Crippen molar-refractivity contribution in [3.63, 3.8) is 0 Å². The molecule has 1 atom stereocenters. The Hall–Kier alpha value is -3.27. The van der Waals surface area contributed by atoms with Crippen LogP contribution in [0.15, 0.2) is 41.8 Å². The Morgan fingerprint density at radius 1 is 1.06 bits per heavy atom. The second-order valence-electron chi connectivity index (χ2n) is 6.62. The van der Waals surface area contributed by atoms with E-state index in [1.165, 1.54) is 6.92 Å². The quantitative estimate of drug-likeness (QED) is 0.503. The normalized spacial score (nSPS) is 13.5. The lowest BCUT2D eigenvalue weighted by Crippen LogP contribution is -2.29. The number of hydrogen-bond acceptors (Lipinski definition) is 7. The van der Waals surface area contributed by atoms with Crippen LogP contribution in [0.3, 0.4) is 0 Å². The summed E-state index contributed by atoms with van der Waals surface area (Å²) >= 11 is 5.70. The fourth-order valence-corrected chi connectivity index (χ4v) is 3.74. The van der Waals surface area contributed by atoms with E-state index >= 15 is 0 Å². The molecule has 2 aromatic heterocycles. The van der Waals surface area contributed by atoms with Crippen LogP contribution < -0.4 is 5.32 Å². The van der Waals surface area contributed by atoms with E-state index in [4.69, 9.17) is 11.6 Å². The molecule has 1 aromatic carbocycles. The smallest absolute Gasteiger partial charge is 0.342 e. The first kappa shape index (κ1) is 25.4. The SMILES string of the molecule is CC(NC(=O)c1cc(Cl)cc(S(=O)(=O)C(F)(F)F)c1)c1ncnn1-c1ncc(C(F)(F)F)cn1. The Morgan fingerprint density at radius 2 is 1.68 bits per heavy atom. The highest BCUT2D eigenvalue weighted by Gasteiger charge is 2.47. The summed E-state index contributed by atoms with van der Waals surface area (Å²) in [4.78, 5) is 22.4. The molecule has 0 aliphatic rings. The molecule has 3 aromatic rings. The van der Waals surface area contributed by atoms with Crippen LogP contribution in [0.25, 0.3) is 5.95 Å². The highest BCUT2D eigenvalue weighted by molar-refractivity contribution is 7.92. The van der Waals surface area contributed by atoms with Gasteiger partial charge in [0.2, 0.25) is 0 Å². The Morgan fingerprint density at radius 3 is 2.24 bits per heavy atom. The maximum Gasteiger partial charge on any atom is 0.501 e. The number of carbonyl (C=O) groups is 1. The van der Waals surface area contributed by atoms with E-state index in [0.29, 0.717) is 24.5 Å². The van der Waals surface area contributed by atoms with Crippen LogP contribution in [0, 0.1) is 0 Å². The zero-order valence-electron chi connectivity index (χ0n) is 16.6. The molecule has 0 radical (unpaired) electrons. The van der Waals surface area contributed by atoms with Gasteiger partial charge in [-0.1, -0.05) is 11.6 Å². The average Bonchev–Trinajstić information content (AvgIpc) is 3.22. The summed E-state index contributed by atoms with van der Waals surface area (Å²) in [7, 11) is -5.77. The highest BCUT2D eigenvalue weighted by atomic mass is 35.5. The van der Waals surface area contributed by atoms with E-state index in [2.05, 4.69) is 25.4 Å². The highest BCUT2D eigenvalue weighted by Crippen LogP contribution is 2.32. The van der Waals surface area contributed by atoms with Gasteiger partial charge in [-0.25, -0.2) is 23.4 Å². The van der Waals surface area contributed by atoms with E-state index in [9.17, 15) is 39.6 Å². The van der Waals surface area contributed by atoms with E-state index in [-0.39, 0.29) is 11.8 Å². The minimum Gasteiger partial charge on any atom is -0.342 e. The van der Waals surface area contributed by atoms with E-state index < -0.39 is 54.5 Å². The molecule has 0 fully saturated rings. The van der Waals surface area contributed by atoms with Gasteiger partial charge < -0.3 is 5.32 Å². The van der Waals surface area contributed by atoms with Gasteiger partial charge in [0.15, 0.2) is 5.82 Å². The zero-order chi connectivity index (χ0) is 25.5. The average molecular weight is 529 g/mol. The largest absolute Gasteiger partial charge is 0.501 e. The molecule has 1 amide bonds. The molecule has 1 N–H and O–H groups in total. The Kier molecular flexibility index (Phi) is 6.58. The minimum atomic E-state index is -5.77. The molecule has 2 heterocycles. The summed E-state index contributed by atoms with van der Waals surface area (Å²) in [5.74, 6) is -1.36. The molecule has 17 heteroatoms. The number of rotatable bonds is 5. The number of nitrogens with one attached hydrogen (secondary N) is 1. The summed E-state index contributed by atoms with van der Waals surface area (Å²) in [6.07, 6.45) is -2.62. The summed E-state index contributed by atoms with van der Waals surface area (Å²) in [6.45, 7) is 1.38. The number of alkyl halides is 6. The lowest BCUT2D eigenvalue weighted by Gasteiger charge is -2.15. The molecule has 0 aliphatic carbocycles. The molecule has 34 heavy (non-hydrogen) atoms. The summed E-state index contributed by atoms with van der Waals surface area (Å²) in [5, 5.41) is 5.71. The standard InChI is InChI=1S/C17H11ClF6N6O3S/c1-8(13-27-7-28-30(13)15-25-5-10(6-26-15)16(19,20)21)29-14(31)9-2-11(18)4-12(3-9)34(32,33)17(22,23)24/h2-8H,1H3,(H,29,31). The molecule has 3 rings (SSSR count). The lowest BCUT2D eigenvalue weighted by molar-refractivity contribution is -0.138.